The van der Waals surface area contributed by atoms with Crippen LogP contribution in [0, 0.1) is 0 Å². The van der Waals surface area contributed by atoms with E-state index in [1.54, 1.807) is 0 Å². The fourth-order valence-electron chi connectivity index (χ4n) is 1.90. The van der Waals surface area contributed by atoms with Gasteiger partial charge in [0.1, 0.15) is 0 Å². The number of hydrogen-bond acceptors (Lipinski definition) is 3. The minimum absolute atomic E-state index is 0.469. The average Bonchev–Trinajstić information content (AvgIpc) is 2.27. The van der Waals surface area contributed by atoms with Gasteiger partial charge in [-0.1, -0.05) is 13.8 Å². The Morgan fingerprint density at radius 2 is 2.14 bits per heavy atom. The molecule has 1 aliphatic heterocycles. The lowest BCUT2D eigenvalue weighted by Gasteiger charge is -2.27. The van der Waals surface area contributed by atoms with Gasteiger partial charge in [-0.05, 0) is 32.9 Å². The molecule has 0 saturated carbocycles. The SMILES string of the molecule is CC(CCN)N1CCSC(C)(C)CC1. The molecule has 1 saturated heterocycles. The first kappa shape index (κ1) is 12.3. The Morgan fingerprint density at radius 1 is 1.43 bits per heavy atom. The normalized spacial score (nSPS) is 25.7. The van der Waals surface area contributed by atoms with Crippen molar-refractivity contribution in [3.8, 4) is 0 Å². The molecule has 1 unspecified atom stereocenters. The fourth-order valence-corrected chi connectivity index (χ4v) is 3.01. The van der Waals surface area contributed by atoms with E-state index in [4.69, 9.17) is 5.73 Å². The zero-order valence-electron chi connectivity index (χ0n) is 9.75. The summed E-state index contributed by atoms with van der Waals surface area (Å²) in [6.45, 7) is 10.3. The number of hydrogen-bond donors (Lipinski definition) is 1. The van der Waals surface area contributed by atoms with Crippen molar-refractivity contribution in [2.75, 3.05) is 25.4 Å². The lowest BCUT2D eigenvalue weighted by atomic mass is 10.1. The summed E-state index contributed by atoms with van der Waals surface area (Å²) in [6.07, 6.45) is 2.43. The molecule has 0 aromatic rings. The number of rotatable bonds is 3. The number of thioether (sulfide) groups is 1. The molecule has 1 heterocycles. The molecule has 0 radical (unpaired) electrons. The van der Waals surface area contributed by atoms with E-state index in [0.29, 0.717) is 10.8 Å². The van der Waals surface area contributed by atoms with Crippen LogP contribution in [0.25, 0.3) is 0 Å². The van der Waals surface area contributed by atoms with Crippen molar-refractivity contribution >= 4 is 11.8 Å². The van der Waals surface area contributed by atoms with Crippen molar-refractivity contribution in [1.29, 1.82) is 0 Å². The molecule has 1 fully saturated rings. The third kappa shape index (κ3) is 3.79. The first-order valence-electron chi connectivity index (χ1n) is 5.63. The van der Waals surface area contributed by atoms with E-state index in [1.807, 2.05) is 0 Å². The van der Waals surface area contributed by atoms with Crippen LogP contribution in [0.2, 0.25) is 0 Å². The molecule has 3 heteroatoms. The molecule has 2 nitrogen and oxygen atoms in total. The first-order valence-corrected chi connectivity index (χ1v) is 6.62. The van der Waals surface area contributed by atoms with Crippen LogP contribution in [0.4, 0.5) is 0 Å². The predicted octanol–water partition coefficient (Wildman–Crippen LogP) is 1.94. The van der Waals surface area contributed by atoms with E-state index in [0.717, 1.165) is 13.0 Å². The maximum absolute atomic E-state index is 5.60. The van der Waals surface area contributed by atoms with Gasteiger partial charge in [-0.3, -0.25) is 4.90 Å². The van der Waals surface area contributed by atoms with Crippen molar-refractivity contribution in [2.45, 2.75) is 44.4 Å². The second-order valence-electron chi connectivity index (χ2n) is 4.82. The van der Waals surface area contributed by atoms with Crippen molar-refractivity contribution in [1.82, 2.24) is 4.90 Å². The molecule has 0 aliphatic carbocycles. The number of nitrogens with two attached hydrogens (primary N) is 1. The molecule has 1 atom stereocenters. The summed E-state index contributed by atoms with van der Waals surface area (Å²) in [6, 6.07) is 0.662. The van der Waals surface area contributed by atoms with Crippen molar-refractivity contribution in [2.24, 2.45) is 5.73 Å². The van der Waals surface area contributed by atoms with Gasteiger partial charge in [0.15, 0.2) is 0 Å². The summed E-state index contributed by atoms with van der Waals surface area (Å²) in [5.41, 5.74) is 5.60. The van der Waals surface area contributed by atoms with Crippen LogP contribution >= 0.6 is 11.8 Å². The monoisotopic (exact) mass is 216 g/mol. The van der Waals surface area contributed by atoms with E-state index in [2.05, 4.69) is 37.4 Å². The molecule has 14 heavy (non-hydrogen) atoms. The maximum atomic E-state index is 5.60. The molecule has 1 aliphatic rings. The minimum Gasteiger partial charge on any atom is -0.330 e. The van der Waals surface area contributed by atoms with Crippen LogP contribution in [-0.4, -0.2) is 41.1 Å². The third-order valence-corrected chi connectivity index (χ3v) is 4.45. The Balaban J connectivity index is 2.41. The summed E-state index contributed by atoms with van der Waals surface area (Å²) in [7, 11) is 0. The first-order chi connectivity index (χ1) is 6.55. The molecule has 0 aromatic carbocycles. The van der Waals surface area contributed by atoms with Crippen molar-refractivity contribution < 1.29 is 0 Å². The molecular formula is C11H24N2S. The quantitative estimate of drug-likeness (QED) is 0.782. The second-order valence-corrected chi connectivity index (χ2v) is 6.62. The van der Waals surface area contributed by atoms with Crippen LogP contribution in [0.3, 0.4) is 0 Å². The zero-order chi connectivity index (χ0) is 10.6. The molecule has 0 bridgehead atoms. The van der Waals surface area contributed by atoms with Crippen molar-refractivity contribution in [3.05, 3.63) is 0 Å². The lowest BCUT2D eigenvalue weighted by Crippen LogP contribution is -2.36. The van der Waals surface area contributed by atoms with Gasteiger partial charge in [0, 0.05) is 23.1 Å². The minimum atomic E-state index is 0.469. The second kappa shape index (κ2) is 5.38. The van der Waals surface area contributed by atoms with Gasteiger partial charge in [0.25, 0.3) is 0 Å². The molecular weight excluding hydrogens is 192 g/mol. The van der Waals surface area contributed by atoms with Gasteiger partial charge in [-0.15, -0.1) is 0 Å². The van der Waals surface area contributed by atoms with Gasteiger partial charge in [0.2, 0.25) is 0 Å². The zero-order valence-corrected chi connectivity index (χ0v) is 10.6. The van der Waals surface area contributed by atoms with Crippen LogP contribution in [0.1, 0.15) is 33.6 Å². The summed E-state index contributed by atoms with van der Waals surface area (Å²) in [5, 5.41) is 0. The standard InChI is InChI=1S/C11H24N2S/c1-10(4-6-12)13-7-5-11(2,3)14-9-8-13/h10H,4-9,12H2,1-3H3. The summed E-state index contributed by atoms with van der Waals surface area (Å²) >= 11 is 2.11. The molecule has 0 spiro atoms. The molecule has 0 aromatic heterocycles. The Kier molecular flexibility index (Phi) is 4.74. The summed E-state index contributed by atoms with van der Waals surface area (Å²) in [5.74, 6) is 1.27. The van der Waals surface area contributed by atoms with Crippen molar-refractivity contribution in [3.63, 3.8) is 0 Å². The van der Waals surface area contributed by atoms with E-state index in [1.165, 1.54) is 25.3 Å². The Hall–Kier alpha value is 0.270. The molecule has 1 rings (SSSR count). The van der Waals surface area contributed by atoms with E-state index >= 15 is 0 Å². The van der Waals surface area contributed by atoms with Gasteiger partial charge >= 0.3 is 0 Å². The smallest absolute Gasteiger partial charge is 0.0116 e. The molecule has 84 valence electrons. The topological polar surface area (TPSA) is 29.3 Å². The highest BCUT2D eigenvalue weighted by Gasteiger charge is 2.25. The van der Waals surface area contributed by atoms with E-state index < -0.39 is 0 Å². The Labute approximate surface area is 92.6 Å². The van der Waals surface area contributed by atoms with Crippen LogP contribution in [0.15, 0.2) is 0 Å². The highest BCUT2D eigenvalue weighted by Crippen LogP contribution is 2.31. The van der Waals surface area contributed by atoms with E-state index in [9.17, 15) is 0 Å². The average molecular weight is 216 g/mol. The third-order valence-electron chi connectivity index (χ3n) is 3.08. The number of nitrogens with zero attached hydrogens (tertiary/aromatic N) is 1. The lowest BCUT2D eigenvalue weighted by molar-refractivity contribution is 0.210. The van der Waals surface area contributed by atoms with E-state index in [-0.39, 0.29) is 0 Å². The predicted molar refractivity (Wildman–Crippen MR) is 65.9 cm³/mol. The van der Waals surface area contributed by atoms with Gasteiger partial charge in [0.05, 0.1) is 0 Å². The van der Waals surface area contributed by atoms with Crippen LogP contribution in [0.5, 0.6) is 0 Å². The highest BCUT2D eigenvalue weighted by atomic mass is 32.2. The summed E-state index contributed by atoms with van der Waals surface area (Å²) in [4.78, 5) is 2.59. The van der Waals surface area contributed by atoms with Crippen LogP contribution in [-0.2, 0) is 0 Å². The summed E-state index contributed by atoms with van der Waals surface area (Å²) < 4.78 is 0.469. The molecule has 0 amide bonds. The van der Waals surface area contributed by atoms with Crippen LogP contribution < -0.4 is 5.73 Å². The molecule has 2 N–H and O–H groups in total. The Morgan fingerprint density at radius 3 is 2.79 bits per heavy atom. The largest absolute Gasteiger partial charge is 0.330 e. The highest BCUT2D eigenvalue weighted by molar-refractivity contribution is 8.00. The van der Waals surface area contributed by atoms with Gasteiger partial charge in [-0.2, -0.15) is 11.8 Å². The van der Waals surface area contributed by atoms with Gasteiger partial charge in [-0.25, -0.2) is 0 Å². The fraction of sp³-hybridized carbons (Fsp3) is 1.00. The Bertz CT molecular complexity index is 171. The maximum Gasteiger partial charge on any atom is 0.0116 e. The van der Waals surface area contributed by atoms with Gasteiger partial charge < -0.3 is 5.73 Å².